The van der Waals surface area contributed by atoms with Gasteiger partial charge in [0, 0.05) is 36.5 Å². The van der Waals surface area contributed by atoms with Crippen molar-refractivity contribution in [3.8, 4) is 0 Å². The molecule has 0 aliphatic carbocycles. The predicted molar refractivity (Wildman–Crippen MR) is 115 cm³/mol. The molecule has 1 aliphatic heterocycles. The molecule has 9 heteroatoms. The van der Waals surface area contributed by atoms with Gasteiger partial charge in [0.25, 0.3) is 0 Å². The molecule has 0 spiro atoms. The summed E-state index contributed by atoms with van der Waals surface area (Å²) in [6, 6.07) is 6.88. The van der Waals surface area contributed by atoms with E-state index in [0.717, 1.165) is 18.2 Å². The van der Waals surface area contributed by atoms with Crippen molar-refractivity contribution in [1.82, 2.24) is 0 Å². The Hall–Kier alpha value is -3.46. The van der Waals surface area contributed by atoms with Crippen molar-refractivity contribution in [2.75, 3.05) is 43.6 Å². The summed E-state index contributed by atoms with van der Waals surface area (Å²) in [7, 11) is 1.24. The van der Waals surface area contributed by atoms with E-state index in [1.54, 1.807) is 13.0 Å². The highest BCUT2D eigenvalue weighted by Gasteiger charge is 2.22. The summed E-state index contributed by atoms with van der Waals surface area (Å²) in [6.07, 6.45) is 0. The Morgan fingerprint density at radius 2 is 1.78 bits per heavy atom. The molecular formula is C23H22F2N2O5. The Morgan fingerprint density at radius 1 is 1.09 bits per heavy atom. The van der Waals surface area contributed by atoms with Gasteiger partial charge in [0.2, 0.25) is 0 Å². The lowest BCUT2D eigenvalue weighted by Crippen LogP contribution is -2.36. The van der Waals surface area contributed by atoms with E-state index in [0.29, 0.717) is 37.8 Å². The van der Waals surface area contributed by atoms with Crippen LogP contribution in [0.2, 0.25) is 0 Å². The number of hydrogen-bond donors (Lipinski definition) is 1. The smallest absolute Gasteiger partial charge is 0.337 e. The van der Waals surface area contributed by atoms with Crippen molar-refractivity contribution in [3.05, 3.63) is 69.4 Å². The Morgan fingerprint density at radius 3 is 2.44 bits per heavy atom. The van der Waals surface area contributed by atoms with Gasteiger partial charge in [-0.25, -0.2) is 13.6 Å². The Bertz CT molecular complexity index is 1200. The van der Waals surface area contributed by atoms with Gasteiger partial charge in [-0.2, -0.15) is 0 Å². The molecule has 2 heterocycles. The van der Waals surface area contributed by atoms with Crippen LogP contribution in [0, 0.1) is 11.6 Å². The van der Waals surface area contributed by atoms with Crippen LogP contribution in [0.3, 0.4) is 0 Å². The number of benzene rings is 2. The zero-order chi connectivity index (χ0) is 22.8. The SMILES string of the molecule is COC(=O)c1cc(C(C)Nc2cc(F)cc(F)c2)c2oc(N3CCOCC3)cc(=O)c2c1. The number of nitrogens with zero attached hydrogens (tertiary/aromatic N) is 1. The summed E-state index contributed by atoms with van der Waals surface area (Å²) in [6.45, 7) is 3.90. The van der Waals surface area contributed by atoms with E-state index < -0.39 is 23.6 Å². The Labute approximate surface area is 182 Å². The molecule has 1 atom stereocenters. The maximum atomic E-state index is 13.6. The van der Waals surface area contributed by atoms with Gasteiger partial charge in [0.1, 0.15) is 17.2 Å². The molecule has 3 aromatic rings. The highest BCUT2D eigenvalue weighted by atomic mass is 19.1. The van der Waals surface area contributed by atoms with Gasteiger partial charge in [0.05, 0.1) is 37.3 Å². The van der Waals surface area contributed by atoms with Gasteiger partial charge < -0.3 is 24.1 Å². The fourth-order valence-electron chi connectivity index (χ4n) is 3.73. The summed E-state index contributed by atoms with van der Waals surface area (Å²) in [5, 5.41) is 3.21. The van der Waals surface area contributed by atoms with Crippen molar-refractivity contribution in [2.24, 2.45) is 0 Å². The first-order chi connectivity index (χ1) is 15.4. The van der Waals surface area contributed by atoms with E-state index in [9.17, 15) is 18.4 Å². The summed E-state index contributed by atoms with van der Waals surface area (Å²) in [5.74, 6) is -1.68. The standard InChI is InChI=1S/C23H22F2N2O5/c1-13(26-17-10-15(24)9-16(25)11-17)18-7-14(23(29)30-2)8-19-20(28)12-21(32-22(18)19)27-3-5-31-6-4-27/h7-13,26H,3-6H2,1-2H3. The number of nitrogens with one attached hydrogen (secondary N) is 1. The highest BCUT2D eigenvalue weighted by molar-refractivity contribution is 5.95. The third-order valence-electron chi connectivity index (χ3n) is 5.30. The topological polar surface area (TPSA) is 81.0 Å². The predicted octanol–water partition coefficient (Wildman–Crippen LogP) is 3.87. The summed E-state index contributed by atoms with van der Waals surface area (Å²) in [5.41, 5.74) is 0.811. The molecule has 1 fully saturated rings. The third kappa shape index (κ3) is 4.43. The number of morpholine rings is 1. The lowest BCUT2D eigenvalue weighted by molar-refractivity contribution is 0.0600. The third-order valence-corrected chi connectivity index (χ3v) is 5.30. The average molecular weight is 444 g/mol. The van der Waals surface area contributed by atoms with Crippen molar-refractivity contribution in [2.45, 2.75) is 13.0 Å². The molecule has 0 radical (unpaired) electrons. The largest absolute Gasteiger partial charge is 0.465 e. The molecule has 0 bridgehead atoms. The van der Waals surface area contributed by atoms with Crippen LogP contribution in [0.15, 0.2) is 45.6 Å². The van der Waals surface area contributed by atoms with Crippen LogP contribution in [-0.4, -0.2) is 39.4 Å². The normalized spacial score (nSPS) is 14.9. The number of halogens is 2. The van der Waals surface area contributed by atoms with E-state index in [4.69, 9.17) is 13.9 Å². The zero-order valence-corrected chi connectivity index (χ0v) is 17.6. The molecule has 2 aromatic carbocycles. The molecular weight excluding hydrogens is 422 g/mol. The van der Waals surface area contributed by atoms with Gasteiger partial charge in [-0.3, -0.25) is 4.79 Å². The minimum absolute atomic E-state index is 0.167. The van der Waals surface area contributed by atoms with Crippen LogP contribution >= 0.6 is 0 Å². The number of esters is 1. The first-order valence-electron chi connectivity index (χ1n) is 10.1. The van der Waals surface area contributed by atoms with Crippen LogP contribution in [0.25, 0.3) is 11.0 Å². The molecule has 32 heavy (non-hydrogen) atoms. The van der Waals surface area contributed by atoms with Gasteiger partial charge in [-0.1, -0.05) is 0 Å². The van der Waals surface area contributed by atoms with Crippen LogP contribution in [0.1, 0.15) is 28.9 Å². The van der Waals surface area contributed by atoms with Crippen molar-refractivity contribution in [3.63, 3.8) is 0 Å². The molecule has 168 valence electrons. The molecule has 7 nitrogen and oxygen atoms in total. The fraction of sp³-hybridized carbons (Fsp3) is 0.304. The molecule has 1 unspecified atom stereocenters. The van der Waals surface area contributed by atoms with Crippen LogP contribution in [-0.2, 0) is 9.47 Å². The second-order valence-electron chi connectivity index (χ2n) is 7.51. The van der Waals surface area contributed by atoms with E-state index >= 15 is 0 Å². The monoisotopic (exact) mass is 444 g/mol. The minimum Gasteiger partial charge on any atom is -0.465 e. The number of ether oxygens (including phenoxy) is 2. The minimum atomic E-state index is -0.728. The molecule has 1 aliphatic rings. The lowest BCUT2D eigenvalue weighted by Gasteiger charge is -2.27. The van der Waals surface area contributed by atoms with Gasteiger partial charge in [0.15, 0.2) is 11.3 Å². The lowest BCUT2D eigenvalue weighted by atomic mass is 10.0. The first kappa shape index (κ1) is 21.8. The number of anilines is 2. The van der Waals surface area contributed by atoms with Crippen LogP contribution < -0.4 is 15.6 Å². The maximum absolute atomic E-state index is 13.6. The zero-order valence-electron chi connectivity index (χ0n) is 17.6. The quantitative estimate of drug-likeness (QED) is 0.599. The molecule has 0 saturated carbocycles. The van der Waals surface area contributed by atoms with Gasteiger partial charge >= 0.3 is 5.97 Å². The highest BCUT2D eigenvalue weighted by Crippen LogP contribution is 2.31. The van der Waals surface area contributed by atoms with Gasteiger partial charge in [-0.15, -0.1) is 0 Å². The molecule has 1 N–H and O–H groups in total. The van der Waals surface area contributed by atoms with Crippen molar-refractivity contribution in [1.29, 1.82) is 0 Å². The summed E-state index contributed by atoms with van der Waals surface area (Å²) in [4.78, 5) is 27.1. The second kappa shape index (κ2) is 8.96. The number of carbonyl (C=O) groups excluding carboxylic acids is 1. The molecule has 1 aromatic heterocycles. The fourth-order valence-corrected chi connectivity index (χ4v) is 3.73. The van der Waals surface area contributed by atoms with E-state index in [-0.39, 0.29) is 27.6 Å². The molecule has 0 amide bonds. The van der Waals surface area contributed by atoms with E-state index in [1.165, 1.54) is 19.2 Å². The molecule has 4 rings (SSSR count). The second-order valence-corrected chi connectivity index (χ2v) is 7.51. The van der Waals surface area contributed by atoms with Crippen LogP contribution in [0.5, 0.6) is 0 Å². The Kier molecular flexibility index (Phi) is 6.09. The summed E-state index contributed by atoms with van der Waals surface area (Å²) < 4.78 is 43.6. The van der Waals surface area contributed by atoms with Crippen molar-refractivity contribution >= 4 is 28.5 Å². The number of rotatable bonds is 5. The number of carbonyl (C=O) groups is 1. The number of fused-ring (bicyclic) bond motifs is 1. The van der Waals surface area contributed by atoms with E-state index in [2.05, 4.69) is 5.32 Å². The number of methoxy groups -OCH3 is 1. The Balaban J connectivity index is 1.84. The first-order valence-corrected chi connectivity index (χ1v) is 10.1. The van der Waals surface area contributed by atoms with Crippen molar-refractivity contribution < 1.29 is 27.5 Å². The maximum Gasteiger partial charge on any atom is 0.337 e. The number of hydrogen-bond acceptors (Lipinski definition) is 7. The van der Waals surface area contributed by atoms with Crippen LogP contribution in [0.4, 0.5) is 20.4 Å². The van der Waals surface area contributed by atoms with E-state index in [1.807, 2.05) is 4.90 Å². The van der Waals surface area contributed by atoms with Gasteiger partial charge in [-0.05, 0) is 31.2 Å². The molecule has 1 saturated heterocycles. The average Bonchev–Trinajstić information content (AvgIpc) is 2.77. The summed E-state index contributed by atoms with van der Waals surface area (Å²) >= 11 is 0.